The molecule has 0 unspecified atom stereocenters. The summed E-state index contributed by atoms with van der Waals surface area (Å²) >= 11 is 0. The van der Waals surface area contributed by atoms with Crippen molar-refractivity contribution < 1.29 is 9.90 Å². The molecule has 0 aromatic heterocycles. The number of benzene rings is 1. The molecule has 2 saturated heterocycles. The van der Waals surface area contributed by atoms with E-state index in [-0.39, 0.29) is 0 Å². The van der Waals surface area contributed by atoms with E-state index >= 15 is 0 Å². The number of carboxylic acid groups (broad SMARTS) is 1. The van der Waals surface area contributed by atoms with Gasteiger partial charge in [0, 0.05) is 37.6 Å². The van der Waals surface area contributed by atoms with Crippen molar-refractivity contribution in [3.63, 3.8) is 0 Å². The molecular formula is C17H25N3O2. The topological polar surface area (TPSA) is 69.8 Å². The predicted octanol–water partition coefficient (Wildman–Crippen LogP) is 2.88. The summed E-state index contributed by atoms with van der Waals surface area (Å²) in [6.45, 7) is 3.60. The molecule has 2 fully saturated rings. The SMILES string of the molecule is Nc1ccc(N2CCC(C3CCN(C(=O)O)CC3)CC2)cc1. The molecule has 0 aliphatic carbocycles. The Balaban J connectivity index is 1.50. The Morgan fingerprint density at radius 1 is 0.955 bits per heavy atom. The van der Waals surface area contributed by atoms with Gasteiger partial charge in [0.1, 0.15) is 0 Å². The second kappa shape index (κ2) is 6.46. The largest absolute Gasteiger partial charge is 0.465 e. The summed E-state index contributed by atoms with van der Waals surface area (Å²) in [5.74, 6) is 1.45. The molecule has 120 valence electrons. The Bertz CT molecular complexity index is 501. The number of likely N-dealkylation sites (tertiary alicyclic amines) is 1. The molecule has 0 spiro atoms. The zero-order valence-electron chi connectivity index (χ0n) is 12.9. The van der Waals surface area contributed by atoms with E-state index in [0.29, 0.717) is 19.0 Å². The normalized spacial score (nSPS) is 21.1. The molecule has 22 heavy (non-hydrogen) atoms. The second-order valence-corrected chi connectivity index (χ2v) is 6.52. The van der Waals surface area contributed by atoms with Crippen LogP contribution >= 0.6 is 0 Å². The highest BCUT2D eigenvalue weighted by molar-refractivity contribution is 5.65. The summed E-state index contributed by atoms with van der Waals surface area (Å²) in [5.41, 5.74) is 7.81. The van der Waals surface area contributed by atoms with Gasteiger partial charge in [-0.05, 0) is 61.8 Å². The van der Waals surface area contributed by atoms with Crippen molar-refractivity contribution in [2.75, 3.05) is 36.8 Å². The van der Waals surface area contributed by atoms with Crippen molar-refractivity contribution in [3.8, 4) is 0 Å². The van der Waals surface area contributed by atoms with Gasteiger partial charge in [0.15, 0.2) is 0 Å². The monoisotopic (exact) mass is 303 g/mol. The lowest BCUT2D eigenvalue weighted by Gasteiger charge is -2.40. The standard InChI is InChI=1S/C17H25N3O2/c18-15-1-3-16(4-2-15)19-9-5-13(6-10-19)14-7-11-20(12-8-14)17(21)22/h1-4,13-14H,5-12,18H2,(H,21,22). The maximum atomic E-state index is 11.0. The van der Waals surface area contributed by atoms with Crippen LogP contribution < -0.4 is 10.6 Å². The average Bonchev–Trinajstić information content (AvgIpc) is 2.56. The molecule has 0 radical (unpaired) electrons. The minimum Gasteiger partial charge on any atom is -0.465 e. The maximum absolute atomic E-state index is 11.0. The summed E-state index contributed by atoms with van der Waals surface area (Å²) in [7, 11) is 0. The molecule has 1 amide bonds. The van der Waals surface area contributed by atoms with E-state index in [1.165, 1.54) is 18.5 Å². The van der Waals surface area contributed by atoms with Gasteiger partial charge in [-0.3, -0.25) is 0 Å². The van der Waals surface area contributed by atoms with Crippen LogP contribution in [0.25, 0.3) is 0 Å². The van der Waals surface area contributed by atoms with Crippen LogP contribution in [0, 0.1) is 11.8 Å². The number of nitrogen functional groups attached to an aromatic ring is 1. The van der Waals surface area contributed by atoms with Crippen molar-refractivity contribution in [2.24, 2.45) is 11.8 Å². The molecule has 3 rings (SSSR count). The number of carbonyl (C=O) groups is 1. The van der Waals surface area contributed by atoms with Gasteiger partial charge >= 0.3 is 6.09 Å². The van der Waals surface area contributed by atoms with Gasteiger partial charge < -0.3 is 20.6 Å². The second-order valence-electron chi connectivity index (χ2n) is 6.52. The zero-order valence-corrected chi connectivity index (χ0v) is 12.9. The van der Waals surface area contributed by atoms with E-state index in [2.05, 4.69) is 17.0 Å². The van der Waals surface area contributed by atoms with Crippen molar-refractivity contribution in [1.29, 1.82) is 0 Å². The number of rotatable bonds is 2. The third-order valence-electron chi connectivity index (χ3n) is 5.27. The Morgan fingerprint density at radius 3 is 1.95 bits per heavy atom. The van der Waals surface area contributed by atoms with Gasteiger partial charge in [0.2, 0.25) is 0 Å². The number of amides is 1. The van der Waals surface area contributed by atoms with Crippen molar-refractivity contribution in [2.45, 2.75) is 25.7 Å². The quantitative estimate of drug-likeness (QED) is 0.824. The third kappa shape index (κ3) is 3.29. The first-order valence-electron chi connectivity index (χ1n) is 8.22. The van der Waals surface area contributed by atoms with Crippen LogP contribution in [0.4, 0.5) is 16.2 Å². The molecule has 1 aromatic carbocycles. The summed E-state index contributed by atoms with van der Waals surface area (Å²) in [6, 6.07) is 8.12. The number of piperidine rings is 2. The summed E-state index contributed by atoms with van der Waals surface area (Å²) in [5, 5.41) is 9.03. The Hall–Kier alpha value is -1.91. The predicted molar refractivity (Wildman–Crippen MR) is 88.1 cm³/mol. The first kappa shape index (κ1) is 15.0. The van der Waals surface area contributed by atoms with Gasteiger partial charge in [-0.15, -0.1) is 0 Å². The van der Waals surface area contributed by atoms with Gasteiger partial charge in [0.25, 0.3) is 0 Å². The van der Waals surface area contributed by atoms with Crippen LogP contribution in [0.3, 0.4) is 0 Å². The van der Waals surface area contributed by atoms with Crippen LogP contribution in [0.1, 0.15) is 25.7 Å². The van der Waals surface area contributed by atoms with E-state index in [1.807, 2.05) is 12.1 Å². The van der Waals surface area contributed by atoms with Crippen molar-refractivity contribution >= 4 is 17.5 Å². The molecule has 2 aliphatic heterocycles. The number of nitrogens with zero attached hydrogens (tertiary/aromatic N) is 2. The van der Waals surface area contributed by atoms with E-state index in [4.69, 9.17) is 10.8 Å². The fraction of sp³-hybridized carbons (Fsp3) is 0.588. The van der Waals surface area contributed by atoms with Crippen LogP contribution in [-0.4, -0.2) is 42.3 Å². The molecule has 5 heteroatoms. The highest BCUT2D eigenvalue weighted by Gasteiger charge is 2.30. The van der Waals surface area contributed by atoms with Crippen LogP contribution in [0.15, 0.2) is 24.3 Å². The maximum Gasteiger partial charge on any atom is 0.407 e. The summed E-state index contributed by atoms with van der Waals surface area (Å²) in [6.07, 6.45) is 3.71. The van der Waals surface area contributed by atoms with Crippen LogP contribution in [0.5, 0.6) is 0 Å². The smallest absolute Gasteiger partial charge is 0.407 e. The van der Waals surface area contributed by atoms with Gasteiger partial charge in [-0.1, -0.05) is 0 Å². The molecule has 0 atom stereocenters. The lowest BCUT2D eigenvalue weighted by atomic mass is 9.79. The third-order valence-corrected chi connectivity index (χ3v) is 5.27. The van der Waals surface area contributed by atoms with Gasteiger partial charge in [-0.2, -0.15) is 0 Å². The minimum absolute atomic E-state index is 0.698. The Labute approximate surface area is 131 Å². The molecule has 1 aromatic rings. The Morgan fingerprint density at radius 2 is 1.45 bits per heavy atom. The van der Waals surface area contributed by atoms with Gasteiger partial charge in [-0.25, -0.2) is 4.79 Å². The molecular weight excluding hydrogens is 278 g/mol. The molecule has 3 N–H and O–H groups in total. The molecule has 5 nitrogen and oxygen atoms in total. The van der Waals surface area contributed by atoms with Gasteiger partial charge in [0.05, 0.1) is 0 Å². The van der Waals surface area contributed by atoms with Crippen molar-refractivity contribution in [3.05, 3.63) is 24.3 Å². The lowest BCUT2D eigenvalue weighted by molar-refractivity contribution is 0.107. The minimum atomic E-state index is -0.767. The summed E-state index contributed by atoms with van der Waals surface area (Å²) in [4.78, 5) is 15.0. The Kier molecular flexibility index (Phi) is 4.41. The van der Waals surface area contributed by atoms with E-state index in [9.17, 15) is 4.79 Å². The number of hydrogen-bond donors (Lipinski definition) is 2. The van der Waals surface area contributed by atoms with E-state index < -0.39 is 6.09 Å². The first-order valence-corrected chi connectivity index (χ1v) is 8.22. The highest BCUT2D eigenvalue weighted by atomic mass is 16.4. The molecule has 0 bridgehead atoms. The molecule has 2 aliphatic rings. The fourth-order valence-corrected chi connectivity index (χ4v) is 3.88. The average molecular weight is 303 g/mol. The number of nitrogens with two attached hydrogens (primary N) is 1. The number of anilines is 2. The zero-order chi connectivity index (χ0) is 15.5. The van der Waals surface area contributed by atoms with E-state index in [0.717, 1.165) is 37.5 Å². The highest BCUT2D eigenvalue weighted by Crippen LogP contribution is 2.34. The lowest BCUT2D eigenvalue weighted by Crippen LogP contribution is -2.42. The summed E-state index contributed by atoms with van der Waals surface area (Å²) < 4.78 is 0. The number of hydrogen-bond acceptors (Lipinski definition) is 3. The van der Waals surface area contributed by atoms with E-state index in [1.54, 1.807) is 4.90 Å². The molecule has 0 saturated carbocycles. The molecule has 2 heterocycles. The van der Waals surface area contributed by atoms with Crippen molar-refractivity contribution in [1.82, 2.24) is 4.90 Å². The first-order chi connectivity index (χ1) is 10.6. The van der Waals surface area contributed by atoms with Crippen LogP contribution in [-0.2, 0) is 0 Å². The van der Waals surface area contributed by atoms with Crippen LogP contribution in [0.2, 0.25) is 0 Å². The fourth-order valence-electron chi connectivity index (χ4n) is 3.88.